The van der Waals surface area contributed by atoms with Gasteiger partial charge in [-0.1, -0.05) is 45.0 Å². The fourth-order valence-electron chi connectivity index (χ4n) is 8.78. The number of nitrogens with zero attached hydrogens (tertiary/aromatic N) is 6. The molecular weight excluding hydrogens is 1000 g/mol. The molecule has 2 aliphatic heterocycles. The third kappa shape index (κ3) is 12.2. The molecule has 21 heteroatoms. The second kappa shape index (κ2) is 22.7. The lowest BCUT2D eigenvalue weighted by atomic mass is 9.85. The van der Waals surface area contributed by atoms with Crippen LogP contribution in [-0.2, 0) is 36.6 Å². The number of β-amino-alcohol motifs (C(OH)–C–C–N with tert-alkyl or cyclic N) is 1. The van der Waals surface area contributed by atoms with E-state index in [0.717, 1.165) is 45.8 Å². The number of likely N-dealkylation sites (tertiary alicyclic amines) is 1. The molecule has 3 N–H and O–H groups in total. The number of ether oxygens (including phenoxy) is 2. The van der Waals surface area contributed by atoms with E-state index in [-0.39, 0.29) is 31.2 Å². The number of amides is 4. The number of benzene rings is 3. The number of aliphatic hydroxyl groups is 1. The SMILES string of the molecule is Cc1ncsc1-c1ccc(CNC(=O)[C@@H]2C[C@@H](O)CN2C(=O)[C@@H](NC(=O)COCCCCCOc2ccc(-c3ccc(N4C(=S)N(c5ccc(C#N)c(C(F)(F)F)c5F)C(=O)C4(C)C)cn3)cc2)C(C)(C)C)cc1. The Labute approximate surface area is 435 Å². The van der Waals surface area contributed by atoms with Crippen LogP contribution in [-0.4, -0.2) is 98.8 Å². The average Bonchev–Trinajstić information content (AvgIpc) is 4.02. The van der Waals surface area contributed by atoms with Crippen molar-refractivity contribution in [2.24, 2.45) is 5.41 Å². The number of carbonyl (C=O) groups excluding carboxylic acids is 4. The van der Waals surface area contributed by atoms with E-state index in [4.69, 9.17) is 21.7 Å². The highest BCUT2D eigenvalue weighted by molar-refractivity contribution is 7.81. The lowest BCUT2D eigenvalue weighted by Crippen LogP contribution is -2.58. The number of anilines is 2. The average molecular weight is 1060 g/mol. The van der Waals surface area contributed by atoms with Crippen molar-refractivity contribution in [2.45, 2.75) is 104 Å². The summed E-state index contributed by atoms with van der Waals surface area (Å²) < 4.78 is 68.3. The largest absolute Gasteiger partial charge is 0.494 e. The molecular formula is C53H56F4N8O7S2. The molecule has 15 nitrogen and oxygen atoms in total. The van der Waals surface area contributed by atoms with Crippen molar-refractivity contribution < 1.29 is 51.3 Å². The Bertz CT molecular complexity index is 2920. The summed E-state index contributed by atoms with van der Waals surface area (Å²) in [5.74, 6) is -3.27. The van der Waals surface area contributed by atoms with E-state index in [9.17, 15) is 42.7 Å². The van der Waals surface area contributed by atoms with Gasteiger partial charge in [-0.25, -0.2) is 9.37 Å². The van der Waals surface area contributed by atoms with Gasteiger partial charge in [0, 0.05) is 31.7 Å². The predicted molar refractivity (Wildman–Crippen MR) is 274 cm³/mol. The van der Waals surface area contributed by atoms with Crippen LogP contribution in [0.25, 0.3) is 21.7 Å². The van der Waals surface area contributed by atoms with Crippen LogP contribution in [0.1, 0.15) is 82.7 Å². The Morgan fingerprint density at radius 2 is 1.66 bits per heavy atom. The summed E-state index contributed by atoms with van der Waals surface area (Å²) in [6.45, 7) is 11.0. The zero-order valence-electron chi connectivity index (χ0n) is 41.6. The second-order valence-corrected chi connectivity index (χ2v) is 20.8. The Hall–Kier alpha value is -6.86. The molecule has 0 aliphatic carbocycles. The van der Waals surface area contributed by atoms with Crippen LogP contribution in [0.4, 0.5) is 28.9 Å². The maximum Gasteiger partial charge on any atom is 0.420 e. The molecule has 2 saturated heterocycles. The summed E-state index contributed by atoms with van der Waals surface area (Å²) in [7, 11) is 0. The highest BCUT2D eigenvalue weighted by atomic mass is 32.1. The second-order valence-electron chi connectivity index (χ2n) is 19.6. The number of nitriles is 1. The molecule has 390 valence electrons. The summed E-state index contributed by atoms with van der Waals surface area (Å²) in [4.78, 5) is 67.4. The quantitative estimate of drug-likeness (QED) is 0.0432. The molecule has 7 rings (SSSR count). The Balaban J connectivity index is 0.829. The number of aryl methyl sites for hydroxylation is 1. The van der Waals surface area contributed by atoms with E-state index in [2.05, 4.69) is 20.6 Å². The number of aliphatic hydroxyl groups excluding tert-OH is 1. The van der Waals surface area contributed by atoms with Gasteiger partial charge in [0.2, 0.25) is 17.7 Å². The Kier molecular flexibility index (Phi) is 16.9. The van der Waals surface area contributed by atoms with Gasteiger partial charge in [-0.2, -0.15) is 18.4 Å². The van der Waals surface area contributed by atoms with Crippen LogP contribution in [0.2, 0.25) is 0 Å². The molecule has 4 heterocycles. The molecule has 0 saturated carbocycles. The molecule has 3 atom stereocenters. The third-order valence-electron chi connectivity index (χ3n) is 12.7. The van der Waals surface area contributed by atoms with E-state index >= 15 is 4.39 Å². The summed E-state index contributed by atoms with van der Waals surface area (Å²) in [5, 5.41) is 25.2. The van der Waals surface area contributed by atoms with Crippen LogP contribution in [0.3, 0.4) is 0 Å². The summed E-state index contributed by atoms with van der Waals surface area (Å²) in [6.07, 6.45) is -2.47. The Morgan fingerprint density at radius 1 is 0.973 bits per heavy atom. The van der Waals surface area contributed by atoms with Crippen molar-refractivity contribution in [3.05, 3.63) is 113 Å². The topological polar surface area (TPSA) is 190 Å². The van der Waals surface area contributed by atoms with E-state index in [1.165, 1.54) is 35.9 Å². The molecule has 2 fully saturated rings. The van der Waals surface area contributed by atoms with Crippen molar-refractivity contribution in [2.75, 3.05) is 36.2 Å². The van der Waals surface area contributed by atoms with Crippen LogP contribution in [0.15, 0.2) is 84.5 Å². The van der Waals surface area contributed by atoms with E-state index in [0.29, 0.717) is 48.1 Å². The molecule has 0 spiro atoms. The van der Waals surface area contributed by atoms with Crippen LogP contribution >= 0.6 is 23.6 Å². The number of alkyl halides is 3. The molecule has 0 bridgehead atoms. The van der Waals surface area contributed by atoms with Gasteiger partial charge >= 0.3 is 6.18 Å². The van der Waals surface area contributed by atoms with Gasteiger partial charge in [-0.15, -0.1) is 11.3 Å². The normalized spacial score (nSPS) is 17.1. The first-order chi connectivity index (χ1) is 35.0. The summed E-state index contributed by atoms with van der Waals surface area (Å²) in [5.41, 5.74) is 0.705. The van der Waals surface area contributed by atoms with Crippen LogP contribution in [0.5, 0.6) is 5.75 Å². The predicted octanol–water partition coefficient (Wildman–Crippen LogP) is 8.50. The highest BCUT2D eigenvalue weighted by Crippen LogP contribution is 2.42. The van der Waals surface area contributed by atoms with E-state index in [1.807, 2.05) is 64.1 Å². The minimum Gasteiger partial charge on any atom is -0.494 e. The molecule has 3 aromatic carbocycles. The number of nitrogens with one attached hydrogen (secondary N) is 2. The van der Waals surface area contributed by atoms with Crippen molar-refractivity contribution in [3.63, 3.8) is 0 Å². The van der Waals surface area contributed by atoms with Gasteiger partial charge in [0.25, 0.3) is 5.91 Å². The summed E-state index contributed by atoms with van der Waals surface area (Å²) >= 11 is 7.09. The number of thiocarbonyl (C=S) groups is 1. The first kappa shape index (κ1) is 54.9. The number of hydrogen-bond acceptors (Lipinski definition) is 12. The number of hydrogen-bond donors (Lipinski definition) is 3. The van der Waals surface area contributed by atoms with Crippen LogP contribution in [0, 0.1) is 29.5 Å². The van der Waals surface area contributed by atoms with Gasteiger partial charge in [0.05, 0.1) is 63.7 Å². The molecule has 0 radical (unpaired) electrons. The molecule has 2 aliphatic rings. The number of rotatable bonds is 18. The smallest absolute Gasteiger partial charge is 0.420 e. The third-order valence-corrected chi connectivity index (χ3v) is 14.1. The first-order valence-electron chi connectivity index (χ1n) is 23.8. The van der Waals surface area contributed by atoms with Crippen LogP contribution < -0.4 is 25.2 Å². The fraction of sp³-hybridized carbons (Fsp3) is 0.396. The lowest BCUT2D eigenvalue weighted by molar-refractivity contribution is -0.144. The van der Waals surface area contributed by atoms with Crippen molar-refractivity contribution >= 4 is 63.7 Å². The van der Waals surface area contributed by atoms with Gasteiger partial charge in [0.1, 0.15) is 35.5 Å². The molecule has 0 unspecified atom stereocenters. The zero-order chi connectivity index (χ0) is 53.7. The minimum atomic E-state index is -5.20. The maximum absolute atomic E-state index is 15.4. The molecule has 5 aromatic rings. The number of thiazole rings is 1. The fourth-order valence-corrected chi connectivity index (χ4v) is 10.1. The van der Waals surface area contributed by atoms with Gasteiger partial charge in [-0.3, -0.25) is 29.1 Å². The van der Waals surface area contributed by atoms with E-state index < -0.39 is 81.6 Å². The monoisotopic (exact) mass is 1060 g/mol. The number of pyridine rings is 1. The first-order valence-corrected chi connectivity index (χ1v) is 25.1. The molecule has 2 aromatic heterocycles. The van der Waals surface area contributed by atoms with Gasteiger partial charge < -0.3 is 35.0 Å². The Morgan fingerprint density at radius 3 is 2.28 bits per heavy atom. The van der Waals surface area contributed by atoms with E-state index in [1.54, 1.807) is 41.1 Å². The zero-order valence-corrected chi connectivity index (χ0v) is 43.2. The number of halogens is 4. The number of unbranched alkanes of at least 4 members (excludes halogenated alkanes) is 2. The lowest BCUT2D eigenvalue weighted by Gasteiger charge is -2.35. The van der Waals surface area contributed by atoms with Crippen molar-refractivity contribution in [1.82, 2.24) is 25.5 Å². The number of aromatic nitrogens is 2. The number of carbonyl (C=O) groups is 4. The van der Waals surface area contributed by atoms with Crippen molar-refractivity contribution in [1.29, 1.82) is 5.26 Å². The molecule has 74 heavy (non-hydrogen) atoms. The standard InChI is InChI=1S/C53H56F4N8O7S2/c1-31-45(74-30-61-31)34-12-10-32(11-13-34)26-60-47(68)41-24-37(66)28-63(41)48(69)46(51(2,3)4)62-42(67)29-71-22-8-7-9-23-72-38-18-14-33(15-19-38)39-20-17-36(27-59-39)65-50(73)64(49(70)52(65,5)6)40-21-16-35(25-58)43(44(40)54)53(55,56)57/h10-21,27,30,37,41,46,66H,7-9,22-24,26,28-29H2,1-6H3,(H,60,68)(H,62,67)/t37-,41+,46-/m1/s1. The highest BCUT2D eigenvalue weighted by Gasteiger charge is 2.52. The minimum absolute atomic E-state index is 0.0392. The summed E-state index contributed by atoms with van der Waals surface area (Å²) in [6, 6.07) is 19.5. The maximum atomic E-state index is 15.4. The van der Waals surface area contributed by atoms with Gasteiger partial charge in [-0.05, 0) is 117 Å². The van der Waals surface area contributed by atoms with Gasteiger partial charge in [0.15, 0.2) is 10.9 Å². The van der Waals surface area contributed by atoms with Crippen molar-refractivity contribution in [3.8, 4) is 33.5 Å². The molecule has 4 amide bonds.